The smallest absolute Gasteiger partial charge is 0.227 e. The van der Waals surface area contributed by atoms with Crippen LogP contribution in [0.2, 0.25) is 11.6 Å². The van der Waals surface area contributed by atoms with E-state index in [1.165, 1.54) is 44.2 Å². The second kappa shape index (κ2) is 5.22. The van der Waals surface area contributed by atoms with Gasteiger partial charge in [0.25, 0.3) is 0 Å². The highest BCUT2D eigenvalue weighted by atomic mass is 14.8. The third kappa shape index (κ3) is 2.54. The molecule has 2 nitrogen and oxygen atoms in total. The van der Waals surface area contributed by atoms with Crippen molar-refractivity contribution >= 4 is 6.85 Å². The highest BCUT2D eigenvalue weighted by Gasteiger charge is 2.39. The summed E-state index contributed by atoms with van der Waals surface area (Å²) >= 11 is 0. The molecule has 2 bridgehead atoms. The van der Waals surface area contributed by atoms with E-state index in [0.717, 1.165) is 25.0 Å². The van der Waals surface area contributed by atoms with Crippen LogP contribution in [0.4, 0.5) is 0 Å². The van der Waals surface area contributed by atoms with E-state index in [1.807, 2.05) is 12.3 Å². The van der Waals surface area contributed by atoms with Gasteiger partial charge in [-0.05, 0) is 23.8 Å². The van der Waals surface area contributed by atoms with Crippen LogP contribution < -0.4 is 5.23 Å². The van der Waals surface area contributed by atoms with Gasteiger partial charge in [0.15, 0.2) is 0 Å². The van der Waals surface area contributed by atoms with Gasteiger partial charge in [-0.3, -0.25) is 4.98 Å². The normalized spacial score (nSPS) is 28.1. The van der Waals surface area contributed by atoms with Crippen molar-refractivity contribution in [2.75, 3.05) is 0 Å². The SMILES string of the molecule is c1ccc(CNB2C3CCCC2CCC3)nc1. The third-order valence-electron chi connectivity index (χ3n) is 4.56. The first-order valence-corrected chi connectivity index (χ1v) is 7.07. The number of nitrogens with one attached hydrogen (secondary N) is 1. The molecule has 0 unspecified atom stereocenters. The van der Waals surface area contributed by atoms with Gasteiger partial charge in [0.2, 0.25) is 6.85 Å². The number of fused-ring (bicyclic) bond motifs is 2. The van der Waals surface area contributed by atoms with Gasteiger partial charge in [-0.15, -0.1) is 0 Å². The van der Waals surface area contributed by atoms with Crippen molar-refractivity contribution in [2.45, 2.75) is 56.7 Å². The van der Waals surface area contributed by atoms with E-state index in [2.05, 4.69) is 22.3 Å². The lowest BCUT2D eigenvalue weighted by Crippen LogP contribution is -2.46. The molecule has 0 spiro atoms. The van der Waals surface area contributed by atoms with Crippen LogP contribution in [0.3, 0.4) is 0 Å². The molecule has 1 aromatic heterocycles. The summed E-state index contributed by atoms with van der Waals surface area (Å²) in [5.74, 6) is 1.87. The molecule has 0 aromatic carbocycles. The van der Waals surface area contributed by atoms with Crippen molar-refractivity contribution < 1.29 is 0 Å². The van der Waals surface area contributed by atoms with Gasteiger partial charge in [0.1, 0.15) is 0 Å². The van der Waals surface area contributed by atoms with Gasteiger partial charge >= 0.3 is 0 Å². The first-order valence-electron chi connectivity index (χ1n) is 7.07. The van der Waals surface area contributed by atoms with Crippen LogP contribution in [0.15, 0.2) is 24.4 Å². The van der Waals surface area contributed by atoms with Crippen molar-refractivity contribution in [1.82, 2.24) is 10.2 Å². The number of hydrogen-bond donors (Lipinski definition) is 1. The Hall–Kier alpha value is -0.825. The molecule has 1 N–H and O–H groups in total. The van der Waals surface area contributed by atoms with Crippen LogP contribution in [0, 0.1) is 0 Å². The Kier molecular flexibility index (Phi) is 3.46. The van der Waals surface area contributed by atoms with E-state index in [-0.39, 0.29) is 0 Å². The Morgan fingerprint density at radius 1 is 1.12 bits per heavy atom. The first kappa shape index (κ1) is 11.3. The fraction of sp³-hybridized carbons (Fsp3) is 0.643. The summed E-state index contributed by atoms with van der Waals surface area (Å²) in [5.41, 5.74) is 1.18. The maximum atomic E-state index is 4.39. The van der Waals surface area contributed by atoms with Crippen molar-refractivity contribution in [3.63, 3.8) is 0 Å². The van der Waals surface area contributed by atoms with Gasteiger partial charge in [0.05, 0.1) is 5.69 Å². The minimum Gasteiger partial charge on any atom is -0.350 e. The van der Waals surface area contributed by atoms with E-state index in [9.17, 15) is 0 Å². The van der Waals surface area contributed by atoms with Crippen molar-refractivity contribution in [2.24, 2.45) is 0 Å². The number of rotatable bonds is 3. The molecule has 0 radical (unpaired) electrons. The van der Waals surface area contributed by atoms with Crippen molar-refractivity contribution in [3.05, 3.63) is 30.1 Å². The zero-order valence-electron chi connectivity index (χ0n) is 10.4. The Labute approximate surface area is 104 Å². The minimum absolute atomic E-state index is 0.763. The fourth-order valence-corrected chi connectivity index (χ4v) is 3.73. The molecule has 2 aliphatic rings. The van der Waals surface area contributed by atoms with Gasteiger partial charge in [-0.25, -0.2) is 0 Å². The fourth-order valence-electron chi connectivity index (χ4n) is 3.73. The van der Waals surface area contributed by atoms with E-state index in [1.54, 1.807) is 0 Å². The van der Waals surface area contributed by atoms with Crippen LogP contribution in [-0.4, -0.2) is 11.8 Å². The molecule has 3 rings (SSSR count). The van der Waals surface area contributed by atoms with Gasteiger partial charge < -0.3 is 5.23 Å². The highest BCUT2D eigenvalue weighted by Crippen LogP contribution is 2.45. The standard InChI is InChI=1S/C14H21BN2/c1-2-10-16-14(9-1)11-17-15-12-5-3-6-13(15)8-4-7-12/h1-2,9-10,12-13,17H,3-8,11H2. The summed E-state index contributed by atoms with van der Waals surface area (Å²) in [6, 6.07) is 6.18. The predicted molar refractivity (Wildman–Crippen MR) is 72.0 cm³/mol. The summed E-state index contributed by atoms with van der Waals surface area (Å²) in [4.78, 5) is 4.39. The lowest BCUT2D eigenvalue weighted by atomic mass is 9.34. The number of pyridine rings is 1. The van der Waals surface area contributed by atoms with Crippen molar-refractivity contribution in [1.29, 1.82) is 0 Å². The summed E-state index contributed by atoms with van der Waals surface area (Å²) in [5, 5.41) is 3.78. The zero-order valence-corrected chi connectivity index (χ0v) is 10.4. The van der Waals surface area contributed by atoms with Crippen LogP contribution in [0.25, 0.3) is 0 Å². The minimum atomic E-state index is 0.763. The summed E-state index contributed by atoms with van der Waals surface area (Å²) in [7, 11) is 0. The van der Waals surface area contributed by atoms with Crippen LogP contribution >= 0.6 is 0 Å². The largest absolute Gasteiger partial charge is 0.350 e. The Morgan fingerprint density at radius 2 is 1.82 bits per heavy atom. The second-order valence-corrected chi connectivity index (χ2v) is 5.61. The molecule has 0 aliphatic carbocycles. The Bertz CT molecular complexity index is 332. The van der Waals surface area contributed by atoms with Gasteiger partial charge in [0, 0.05) is 12.7 Å². The summed E-state index contributed by atoms with van der Waals surface area (Å²) < 4.78 is 0. The Balaban J connectivity index is 1.61. The van der Waals surface area contributed by atoms with Crippen LogP contribution in [0.5, 0.6) is 0 Å². The van der Waals surface area contributed by atoms with Gasteiger partial charge in [-0.2, -0.15) is 0 Å². The molecule has 1 aromatic rings. The molecular formula is C14H21BN2. The lowest BCUT2D eigenvalue weighted by Gasteiger charge is -2.40. The molecule has 0 amide bonds. The molecular weight excluding hydrogens is 207 g/mol. The molecule has 3 heterocycles. The average molecular weight is 228 g/mol. The first-order chi connectivity index (χ1) is 8.43. The molecule has 2 aliphatic heterocycles. The van der Waals surface area contributed by atoms with E-state index < -0.39 is 0 Å². The molecule has 2 saturated heterocycles. The monoisotopic (exact) mass is 228 g/mol. The maximum absolute atomic E-state index is 4.39. The zero-order chi connectivity index (χ0) is 11.5. The molecule has 2 fully saturated rings. The molecule has 0 atom stereocenters. The highest BCUT2D eigenvalue weighted by molar-refractivity contribution is 6.59. The predicted octanol–water partition coefficient (Wildman–Crippen LogP) is 3.27. The number of hydrogen-bond acceptors (Lipinski definition) is 2. The molecule has 90 valence electrons. The number of nitrogens with zero attached hydrogens (tertiary/aromatic N) is 1. The lowest BCUT2D eigenvalue weighted by molar-refractivity contribution is 0.433. The summed E-state index contributed by atoms with van der Waals surface area (Å²) in [6.07, 6.45) is 10.6. The van der Waals surface area contributed by atoms with Crippen molar-refractivity contribution in [3.8, 4) is 0 Å². The average Bonchev–Trinajstić information content (AvgIpc) is 2.37. The topological polar surface area (TPSA) is 24.9 Å². The summed E-state index contributed by atoms with van der Waals surface area (Å²) in [6.45, 7) is 1.71. The van der Waals surface area contributed by atoms with E-state index in [4.69, 9.17) is 0 Å². The van der Waals surface area contributed by atoms with Crippen LogP contribution in [-0.2, 0) is 6.54 Å². The second-order valence-electron chi connectivity index (χ2n) is 5.61. The van der Waals surface area contributed by atoms with E-state index in [0.29, 0.717) is 0 Å². The Morgan fingerprint density at radius 3 is 2.41 bits per heavy atom. The quantitative estimate of drug-likeness (QED) is 0.803. The molecule has 0 saturated carbocycles. The molecule has 17 heavy (non-hydrogen) atoms. The molecule has 3 heteroatoms. The van der Waals surface area contributed by atoms with E-state index >= 15 is 0 Å². The van der Waals surface area contributed by atoms with Gasteiger partial charge in [-0.1, -0.05) is 44.6 Å². The van der Waals surface area contributed by atoms with Crippen LogP contribution in [0.1, 0.15) is 44.2 Å². The number of aromatic nitrogens is 1. The third-order valence-corrected chi connectivity index (χ3v) is 4.56. The maximum Gasteiger partial charge on any atom is 0.227 e.